The number of hydrogen-bond acceptors (Lipinski definition) is 1. The SMILES string of the molecule is c1ccc2c(c1)C(=Nc1cccc3c1[nH]c1ccccc13)c1ccccc1-2. The fourth-order valence-electron chi connectivity index (χ4n) is 4.19. The Balaban J connectivity index is 1.66. The van der Waals surface area contributed by atoms with Gasteiger partial charge in [-0.15, -0.1) is 0 Å². The highest BCUT2D eigenvalue weighted by Gasteiger charge is 2.24. The first kappa shape index (κ1) is 14.5. The van der Waals surface area contributed by atoms with Crippen LogP contribution in [-0.4, -0.2) is 10.7 Å². The van der Waals surface area contributed by atoms with E-state index in [0.717, 1.165) is 22.4 Å². The topological polar surface area (TPSA) is 28.1 Å². The van der Waals surface area contributed by atoms with Gasteiger partial charge >= 0.3 is 0 Å². The van der Waals surface area contributed by atoms with Crippen LogP contribution in [0.25, 0.3) is 32.9 Å². The van der Waals surface area contributed by atoms with Crippen molar-refractivity contribution in [3.63, 3.8) is 0 Å². The molecule has 4 aromatic carbocycles. The number of nitrogens with one attached hydrogen (secondary N) is 1. The molecule has 1 aliphatic rings. The summed E-state index contributed by atoms with van der Waals surface area (Å²) in [6, 6.07) is 31.8. The van der Waals surface area contributed by atoms with Crippen LogP contribution in [0.4, 0.5) is 5.69 Å². The number of nitrogens with zero attached hydrogens (tertiary/aromatic N) is 1. The maximum absolute atomic E-state index is 5.15. The van der Waals surface area contributed by atoms with Crippen molar-refractivity contribution in [1.82, 2.24) is 4.98 Å². The monoisotopic (exact) mass is 344 g/mol. The van der Waals surface area contributed by atoms with Crippen LogP contribution in [0.3, 0.4) is 0 Å². The Kier molecular flexibility index (Phi) is 2.91. The number of rotatable bonds is 1. The Labute approximate surface area is 156 Å². The van der Waals surface area contributed by atoms with Gasteiger partial charge in [0, 0.05) is 27.4 Å². The van der Waals surface area contributed by atoms with Crippen molar-refractivity contribution in [2.75, 3.05) is 0 Å². The Bertz CT molecular complexity index is 1320. The summed E-state index contributed by atoms with van der Waals surface area (Å²) in [7, 11) is 0. The van der Waals surface area contributed by atoms with Crippen molar-refractivity contribution in [3.8, 4) is 11.1 Å². The number of aliphatic imine (C=N–C) groups is 1. The maximum Gasteiger partial charge on any atom is 0.0878 e. The number of aromatic nitrogens is 1. The summed E-state index contributed by atoms with van der Waals surface area (Å²) in [6.07, 6.45) is 0. The lowest BCUT2D eigenvalue weighted by Crippen LogP contribution is -1.97. The quantitative estimate of drug-likeness (QED) is 0.354. The summed E-state index contributed by atoms with van der Waals surface area (Å²) in [6.45, 7) is 0. The van der Waals surface area contributed by atoms with Gasteiger partial charge in [0.15, 0.2) is 0 Å². The molecule has 1 aliphatic carbocycles. The molecule has 0 radical (unpaired) electrons. The molecule has 2 nitrogen and oxygen atoms in total. The summed E-state index contributed by atoms with van der Waals surface area (Å²) in [5, 5.41) is 2.45. The van der Waals surface area contributed by atoms with Crippen molar-refractivity contribution in [3.05, 3.63) is 102 Å². The third kappa shape index (κ3) is 2.04. The van der Waals surface area contributed by atoms with Crippen LogP contribution in [-0.2, 0) is 0 Å². The number of fused-ring (bicyclic) bond motifs is 6. The van der Waals surface area contributed by atoms with Gasteiger partial charge in [-0.2, -0.15) is 0 Å². The summed E-state index contributed by atoms with van der Waals surface area (Å²) < 4.78 is 0. The zero-order chi connectivity index (χ0) is 17.8. The molecule has 1 aromatic heterocycles. The molecule has 6 rings (SSSR count). The van der Waals surface area contributed by atoms with Crippen molar-refractivity contribution in [2.45, 2.75) is 0 Å². The predicted molar refractivity (Wildman–Crippen MR) is 113 cm³/mol. The predicted octanol–water partition coefficient (Wildman–Crippen LogP) is 6.47. The molecule has 0 atom stereocenters. The van der Waals surface area contributed by atoms with E-state index in [1.165, 1.54) is 33.0 Å². The van der Waals surface area contributed by atoms with Crippen molar-refractivity contribution < 1.29 is 0 Å². The summed E-state index contributed by atoms with van der Waals surface area (Å²) in [4.78, 5) is 8.71. The lowest BCUT2D eigenvalue weighted by Gasteiger charge is -2.03. The normalized spacial score (nSPS) is 12.4. The van der Waals surface area contributed by atoms with Crippen LogP contribution in [0.2, 0.25) is 0 Å². The van der Waals surface area contributed by atoms with E-state index in [9.17, 15) is 0 Å². The largest absolute Gasteiger partial charge is 0.353 e. The second-order valence-electron chi connectivity index (χ2n) is 6.92. The second kappa shape index (κ2) is 5.42. The maximum atomic E-state index is 5.15. The molecule has 0 fully saturated rings. The number of benzene rings is 4. The number of H-pyrrole nitrogens is 1. The molecule has 126 valence electrons. The molecule has 0 unspecified atom stereocenters. The minimum atomic E-state index is 0.977. The van der Waals surface area contributed by atoms with E-state index in [0.29, 0.717) is 0 Å². The van der Waals surface area contributed by atoms with Crippen LogP contribution < -0.4 is 0 Å². The molecule has 0 aliphatic heterocycles. The highest BCUT2D eigenvalue weighted by Crippen LogP contribution is 2.39. The Morgan fingerprint density at radius 2 is 1.11 bits per heavy atom. The lowest BCUT2D eigenvalue weighted by molar-refractivity contribution is 1.48. The van der Waals surface area contributed by atoms with Gasteiger partial charge in [0.2, 0.25) is 0 Å². The van der Waals surface area contributed by atoms with Crippen molar-refractivity contribution in [1.29, 1.82) is 0 Å². The summed E-state index contributed by atoms with van der Waals surface area (Å²) in [5.74, 6) is 0. The van der Waals surface area contributed by atoms with Gasteiger partial charge in [0.05, 0.1) is 16.9 Å². The van der Waals surface area contributed by atoms with E-state index in [1.807, 2.05) is 0 Å². The molecule has 2 heteroatoms. The molecule has 5 aromatic rings. The number of aromatic amines is 1. The summed E-state index contributed by atoms with van der Waals surface area (Å²) >= 11 is 0. The van der Waals surface area contributed by atoms with Crippen LogP contribution >= 0.6 is 0 Å². The molecule has 0 saturated carbocycles. The average Bonchev–Trinajstić information content (AvgIpc) is 3.26. The minimum absolute atomic E-state index is 0.977. The first-order valence-electron chi connectivity index (χ1n) is 9.17. The molecule has 1 N–H and O–H groups in total. The summed E-state index contributed by atoms with van der Waals surface area (Å²) in [5.41, 5.74) is 9.18. The molecule has 0 bridgehead atoms. The molecule has 0 spiro atoms. The fourth-order valence-corrected chi connectivity index (χ4v) is 4.19. The molecule has 0 amide bonds. The molecular formula is C25H16N2. The van der Waals surface area contributed by atoms with Gasteiger partial charge in [-0.3, -0.25) is 0 Å². The van der Waals surface area contributed by atoms with E-state index < -0.39 is 0 Å². The third-order valence-electron chi connectivity index (χ3n) is 5.41. The van der Waals surface area contributed by atoms with Gasteiger partial charge in [0.25, 0.3) is 0 Å². The molecular weight excluding hydrogens is 328 g/mol. The Morgan fingerprint density at radius 3 is 1.85 bits per heavy atom. The van der Waals surface area contributed by atoms with Gasteiger partial charge in [-0.05, 0) is 23.3 Å². The smallest absolute Gasteiger partial charge is 0.0878 e. The van der Waals surface area contributed by atoms with Crippen molar-refractivity contribution in [2.24, 2.45) is 4.99 Å². The third-order valence-corrected chi connectivity index (χ3v) is 5.41. The van der Waals surface area contributed by atoms with Crippen LogP contribution in [0, 0.1) is 0 Å². The second-order valence-corrected chi connectivity index (χ2v) is 6.92. The highest BCUT2D eigenvalue weighted by molar-refractivity contribution is 6.25. The lowest BCUT2D eigenvalue weighted by atomic mass is 10.1. The zero-order valence-corrected chi connectivity index (χ0v) is 14.6. The van der Waals surface area contributed by atoms with Crippen LogP contribution in [0.15, 0.2) is 96.0 Å². The van der Waals surface area contributed by atoms with Gasteiger partial charge < -0.3 is 4.98 Å². The van der Waals surface area contributed by atoms with Gasteiger partial charge in [0.1, 0.15) is 0 Å². The van der Waals surface area contributed by atoms with Crippen LogP contribution in [0.1, 0.15) is 11.1 Å². The van der Waals surface area contributed by atoms with E-state index in [4.69, 9.17) is 4.99 Å². The van der Waals surface area contributed by atoms with Gasteiger partial charge in [-0.25, -0.2) is 4.99 Å². The van der Waals surface area contributed by atoms with E-state index in [2.05, 4.69) is 96.0 Å². The zero-order valence-electron chi connectivity index (χ0n) is 14.6. The highest BCUT2D eigenvalue weighted by atomic mass is 14.8. The molecule has 0 saturated heterocycles. The van der Waals surface area contributed by atoms with E-state index in [1.54, 1.807) is 0 Å². The number of hydrogen-bond donors (Lipinski definition) is 1. The fraction of sp³-hybridized carbons (Fsp3) is 0. The first-order valence-corrected chi connectivity index (χ1v) is 9.17. The van der Waals surface area contributed by atoms with Crippen LogP contribution in [0.5, 0.6) is 0 Å². The molecule has 1 heterocycles. The minimum Gasteiger partial charge on any atom is -0.353 e. The van der Waals surface area contributed by atoms with Gasteiger partial charge in [-0.1, -0.05) is 78.9 Å². The molecule has 27 heavy (non-hydrogen) atoms. The Hall–Kier alpha value is -3.65. The standard InChI is InChI=1S/C25H16N2/c1-3-11-19-16(8-1)17-9-2-4-12-20(17)24(19)27-23-15-7-13-21-18-10-5-6-14-22(18)26-25(21)23/h1-15,26H. The average molecular weight is 344 g/mol. The van der Waals surface area contributed by atoms with Crippen molar-refractivity contribution >= 4 is 33.2 Å². The van der Waals surface area contributed by atoms with E-state index in [-0.39, 0.29) is 0 Å². The number of para-hydroxylation sites is 2. The van der Waals surface area contributed by atoms with E-state index >= 15 is 0 Å². The Morgan fingerprint density at radius 1 is 0.519 bits per heavy atom. The first-order chi connectivity index (χ1) is 13.4.